The summed E-state index contributed by atoms with van der Waals surface area (Å²) in [6.45, 7) is 9.39. The molecule has 0 fully saturated rings. The zero-order valence-electron chi connectivity index (χ0n) is 26.8. The minimum absolute atomic E-state index is 1.23. The fraction of sp³-hybridized carbons (Fsp3) is 0.917. The first kappa shape index (κ1) is 35.2. The fourth-order valence-corrected chi connectivity index (χ4v) is 5.97. The summed E-state index contributed by atoms with van der Waals surface area (Å²) in [5, 5.41) is 0. The Balaban J connectivity index is 2.22. The van der Waals surface area contributed by atoms with Gasteiger partial charge in [0.1, 0.15) is 12.4 Å². The van der Waals surface area contributed by atoms with Crippen LogP contribution in [0.3, 0.4) is 0 Å². The van der Waals surface area contributed by atoms with E-state index in [4.69, 9.17) is 0 Å². The van der Waals surface area contributed by atoms with Crippen LogP contribution in [0.15, 0.2) is 12.4 Å². The number of aromatic nitrogens is 2. The van der Waals surface area contributed by atoms with Gasteiger partial charge in [-0.2, -0.15) is 0 Å². The first-order chi connectivity index (χ1) is 18.8. The van der Waals surface area contributed by atoms with Crippen molar-refractivity contribution in [2.24, 2.45) is 0 Å². The van der Waals surface area contributed by atoms with Crippen molar-refractivity contribution in [2.75, 3.05) is 0 Å². The van der Waals surface area contributed by atoms with Crippen molar-refractivity contribution in [3.63, 3.8) is 0 Å². The third-order valence-corrected chi connectivity index (χ3v) is 8.60. The van der Waals surface area contributed by atoms with Gasteiger partial charge in [0.2, 0.25) is 0 Å². The van der Waals surface area contributed by atoms with Crippen molar-refractivity contribution >= 4 is 0 Å². The molecule has 0 amide bonds. The molecule has 0 aliphatic rings. The molecule has 0 saturated carbocycles. The van der Waals surface area contributed by atoms with Crippen LogP contribution in [0, 0.1) is 0 Å². The van der Waals surface area contributed by atoms with Gasteiger partial charge in [0.15, 0.2) is 0 Å². The summed E-state index contributed by atoms with van der Waals surface area (Å²) in [7, 11) is 0. The minimum atomic E-state index is 1.23. The molecule has 0 unspecified atom stereocenters. The number of nitrogens with zero attached hydrogens (tertiary/aromatic N) is 2. The second-order valence-corrected chi connectivity index (χ2v) is 12.3. The molecule has 1 aromatic rings. The highest BCUT2D eigenvalue weighted by Crippen LogP contribution is 2.14. The maximum Gasteiger partial charge on any atom is 0.256 e. The van der Waals surface area contributed by atoms with Crippen molar-refractivity contribution in [1.29, 1.82) is 0 Å². The molecular formula is C36H71N2+. The molecule has 0 spiro atoms. The quantitative estimate of drug-likeness (QED) is 0.0689. The summed E-state index contributed by atoms with van der Waals surface area (Å²) >= 11 is 0. The first-order valence-corrected chi connectivity index (χ1v) is 17.9. The summed E-state index contributed by atoms with van der Waals surface area (Å²) in [6, 6.07) is 0. The molecule has 0 atom stereocenters. The summed E-state index contributed by atoms with van der Waals surface area (Å²) < 4.78 is 5.23. The van der Waals surface area contributed by atoms with Gasteiger partial charge in [0.25, 0.3) is 5.82 Å². The molecule has 0 N–H and O–H groups in total. The van der Waals surface area contributed by atoms with Crippen LogP contribution in [-0.4, -0.2) is 4.57 Å². The molecule has 2 nitrogen and oxygen atoms in total. The molecule has 0 saturated heterocycles. The van der Waals surface area contributed by atoms with Crippen LogP contribution in [-0.2, 0) is 19.5 Å². The minimum Gasteiger partial charge on any atom is -0.234 e. The normalized spacial score (nSPS) is 11.6. The molecule has 0 bridgehead atoms. The van der Waals surface area contributed by atoms with Crippen LogP contribution in [0.1, 0.15) is 200 Å². The van der Waals surface area contributed by atoms with E-state index in [9.17, 15) is 0 Å². The highest BCUT2D eigenvalue weighted by molar-refractivity contribution is 4.84. The van der Waals surface area contributed by atoms with Crippen molar-refractivity contribution in [3.05, 3.63) is 18.2 Å². The Labute approximate surface area is 240 Å². The highest BCUT2D eigenvalue weighted by atomic mass is 15.1. The van der Waals surface area contributed by atoms with E-state index >= 15 is 0 Å². The number of imidazole rings is 1. The average molecular weight is 532 g/mol. The molecule has 1 rings (SSSR count). The third-order valence-electron chi connectivity index (χ3n) is 8.60. The van der Waals surface area contributed by atoms with Gasteiger partial charge in [-0.25, -0.2) is 9.13 Å². The Morgan fingerprint density at radius 2 is 0.816 bits per heavy atom. The largest absolute Gasteiger partial charge is 0.256 e. The van der Waals surface area contributed by atoms with Crippen molar-refractivity contribution in [2.45, 2.75) is 214 Å². The van der Waals surface area contributed by atoms with Crippen LogP contribution >= 0.6 is 0 Å². The third kappa shape index (κ3) is 20.2. The zero-order chi connectivity index (χ0) is 27.4. The van der Waals surface area contributed by atoms with Gasteiger partial charge >= 0.3 is 0 Å². The molecule has 0 aliphatic carbocycles. The maximum atomic E-state index is 2.62. The molecule has 1 aromatic heterocycles. The molecule has 0 radical (unpaired) electrons. The van der Waals surface area contributed by atoms with Gasteiger partial charge in [-0.1, -0.05) is 162 Å². The molecule has 38 heavy (non-hydrogen) atoms. The predicted molar refractivity (Wildman–Crippen MR) is 170 cm³/mol. The first-order valence-electron chi connectivity index (χ1n) is 17.9. The molecule has 1 heterocycles. The monoisotopic (exact) mass is 532 g/mol. The van der Waals surface area contributed by atoms with Crippen LogP contribution in [0.4, 0.5) is 0 Å². The fourth-order valence-electron chi connectivity index (χ4n) is 5.97. The number of hydrogen-bond acceptors (Lipinski definition) is 0. The van der Waals surface area contributed by atoms with Crippen LogP contribution in [0.25, 0.3) is 0 Å². The lowest BCUT2D eigenvalue weighted by Crippen LogP contribution is -2.37. The van der Waals surface area contributed by atoms with E-state index in [1.165, 1.54) is 193 Å². The van der Waals surface area contributed by atoms with Gasteiger partial charge in [-0.3, -0.25) is 0 Å². The van der Waals surface area contributed by atoms with E-state index in [0.717, 1.165) is 0 Å². The smallest absolute Gasteiger partial charge is 0.234 e. The second-order valence-electron chi connectivity index (χ2n) is 12.3. The van der Waals surface area contributed by atoms with E-state index in [1.807, 2.05) is 0 Å². The molecule has 0 aromatic carbocycles. The van der Waals surface area contributed by atoms with Crippen LogP contribution < -0.4 is 4.57 Å². The predicted octanol–water partition coefficient (Wildman–Crippen LogP) is 11.9. The van der Waals surface area contributed by atoms with Crippen molar-refractivity contribution < 1.29 is 4.57 Å². The summed E-state index contributed by atoms with van der Waals surface area (Å²) in [5.41, 5.74) is 0. The molecular weight excluding hydrogens is 460 g/mol. The van der Waals surface area contributed by atoms with E-state index in [0.29, 0.717) is 0 Å². The lowest BCUT2D eigenvalue weighted by molar-refractivity contribution is -0.704. The van der Waals surface area contributed by atoms with Crippen LogP contribution in [0.5, 0.6) is 0 Å². The number of unbranched alkanes of at least 4 members (excludes halogenated alkanes) is 24. The number of hydrogen-bond donors (Lipinski definition) is 0. The van der Waals surface area contributed by atoms with Gasteiger partial charge in [0.05, 0.1) is 13.1 Å². The van der Waals surface area contributed by atoms with E-state index in [1.54, 1.807) is 5.82 Å². The molecule has 0 aliphatic heterocycles. The topological polar surface area (TPSA) is 8.81 Å². The van der Waals surface area contributed by atoms with E-state index < -0.39 is 0 Å². The Bertz CT molecular complexity index is 590. The maximum absolute atomic E-state index is 2.62. The average Bonchev–Trinajstić information content (AvgIpc) is 3.31. The van der Waals surface area contributed by atoms with Gasteiger partial charge in [0, 0.05) is 6.42 Å². The number of aryl methyl sites for hydroxylation is 2. The Kier molecular flexibility index (Phi) is 25.7. The summed E-state index contributed by atoms with van der Waals surface area (Å²) in [5.74, 6) is 1.61. The number of rotatable bonds is 30. The van der Waals surface area contributed by atoms with Crippen molar-refractivity contribution in [3.8, 4) is 0 Å². The van der Waals surface area contributed by atoms with E-state index in [-0.39, 0.29) is 0 Å². The Morgan fingerprint density at radius 1 is 0.447 bits per heavy atom. The van der Waals surface area contributed by atoms with Crippen LogP contribution in [0.2, 0.25) is 0 Å². The van der Waals surface area contributed by atoms with Gasteiger partial charge < -0.3 is 0 Å². The lowest BCUT2D eigenvalue weighted by Gasteiger charge is -2.07. The highest BCUT2D eigenvalue weighted by Gasteiger charge is 2.16. The standard InChI is InChI=1S/C36H71N2/c1-4-7-10-13-15-17-18-19-20-21-22-24-27-30-33-38-35-34-37(36(38)31-28-25-12-9-6-3)32-29-26-23-16-14-11-8-5-2/h34-35H,4-33H2,1-3H3/q+1. The Hall–Kier alpha value is -0.790. The zero-order valence-corrected chi connectivity index (χ0v) is 26.8. The summed E-state index contributed by atoms with van der Waals surface area (Å²) in [6.07, 6.45) is 44.4. The summed E-state index contributed by atoms with van der Waals surface area (Å²) in [4.78, 5) is 0. The van der Waals surface area contributed by atoms with Gasteiger partial charge in [-0.15, -0.1) is 0 Å². The van der Waals surface area contributed by atoms with E-state index in [2.05, 4.69) is 42.3 Å². The lowest BCUT2D eigenvalue weighted by atomic mass is 10.0. The SMILES string of the molecule is CCCCCCCCCCCCCCCC[n+]1ccn(CCCCCCCCCC)c1CCCCCCC. The molecule has 224 valence electrons. The van der Waals surface area contributed by atoms with Gasteiger partial charge in [-0.05, 0) is 32.1 Å². The molecule has 2 heteroatoms. The second kappa shape index (κ2) is 27.8. The van der Waals surface area contributed by atoms with Crippen molar-refractivity contribution in [1.82, 2.24) is 4.57 Å². The Morgan fingerprint density at radius 3 is 1.26 bits per heavy atom.